The summed E-state index contributed by atoms with van der Waals surface area (Å²) in [5.74, 6) is 0.344. The van der Waals surface area contributed by atoms with Gasteiger partial charge in [-0.3, -0.25) is 4.79 Å². The van der Waals surface area contributed by atoms with E-state index in [0.29, 0.717) is 0 Å². The summed E-state index contributed by atoms with van der Waals surface area (Å²) in [6, 6.07) is 8.34. The molecule has 0 radical (unpaired) electrons. The van der Waals surface area contributed by atoms with Crippen LogP contribution in [0, 0.1) is 6.92 Å². The minimum atomic E-state index is -0.0312. The van der Waals surface area contributed by atoms with Gasteiger partial charge in [0.15, 0.2) is 0 Å². The van der Waals surface area contributed by atoms with Gasteiger partial charge in [0, 0.05) is 6.04 Å². The number of hydrogen-bond donors (Lipinski definition) is 1. The van der Waals surface area contributed by atoms with Crippen molar-refractivity contribution in [1.29, 1.82) is 0 Å². The van der Waals surface area contributed by atoms with Crippen LogP contribution in [0.4, 0.5) is 0 Å². The van der Waals surface area contributed by atoms with E-state index in [2.05, 4.69) is 52.1 Å². The van der Waals surface area contributed by atoms with Crippen molar-refractivity contribution in [3.63, 3.8) is 0 Å². The lowest BCUT2D eigenvalue weighted by Gasteiger charge is -2.15. The number of amides is 1. The molecule has 1 amide bonds. The monoisotopic (exact) mass is 327 g/mol. The number of carbonyl (C=O) groups excluding carboxylic acids is 1. The van der Waals surface area contributed by atoms with E-state index in [4.69, 9.17) is 5.10 Å². The molecule has 0 saturated carbocycles. The third-order valence-corrected chi connectivity index (χ3v) is 3.94. The second-order valence-corrected chi connectivity index (χ2v) is 7.33. The van der Waals surface area contributed by atoms with Crippen molar-refractivity contribution in [2.45, 2.75) is 66.3 Å². The maximum atomic E-state index is 12.9. The number of rotatable bonds is 5. The Morgan fingerprint density at radius 1 is 1.08 bits per heavy atom. The van der Waals surface area contributed by atoms with Crippen LogP contribution in [0.5, 0.6) is 0 Å². The Kier molecular flexibility index (Phi) is 5.47. The summed E-state index contributed by atoms with van der Waals surface area (Å²) in [5.41, 5.74) is 4.75. The topological polar surface area (TPSA) is 46.9 Å². The zero-order valence-electron chi connectivity index (χ0n) is 15.8. The van der Waals surface area contributed by atoms with Crippen LogP contribution in [0.1, 0.15) is 80.7 Å². The molecule has 2 rings (SSSR count). The van der Waals surface area contributed by atoms with Crippen LogP contribution in [0.25, 0.3) is 5.69 Å². The van der Waals surface area contributed by atoms with Gasteiger partial charge in [-0.05, 0) is 50.3 Å². The first-order valence-electron chi connectivity index (χ1n) is 8.73. The predicted octanol–water partition coefficient (Wildman–Crippen LogP) is 4.57. The summed E-state index contributed by atoms with van der Waals surface area (Å²) in [6.45, 7) is 14.4. The Morgan fingerprint density at radius 3 is 2.25 bits per heavy atom. The van der Waals surface area contributed by atoms with E-state index in [1.807, 2.05) is 30.7 Å². The molecule has 4 nitrogen and oxygen atoms in total. The lowest BCUT2D eigenvalue weighted by Crippen LogP contribution is -2.31. The van der Waals surface area contributed by atoms with E-state index >= 15 is 0 Å². The third-order valence-electron chi connectivity index (χ3n) is 3.94. The highest BCUT2D eigenvalue weighted by molar-refractivity contribution is 5.97. The molecule has 4 heteroatoms. The molecule has 0 unspecified atom stereocenters. The minimum Gasteiger partial charge on any atom is -0.350 e. The Morgan fingerprint density at radius 2 is 1.75 bits per heavy atom. The molecule has 2 aromatic rings. The van der Waals surface area contributed by atoms with Crippen molar-refractivity contribution in [2.24, 2.45) is 0 Å². The standard InChI is InChI=1S/C20H29N3O/c1-12(2)18-17(20(24)21-14(5)6)19(13(3)4)23(22-18)16-10-8-9-15(7)11-16/h8-14H,1-7H3,(H,21,24). The van der Waals surface area contributed by atoms with Gasteiger partial charge in [0.1, 0.15) is 0 Å². The lowest BCUT2D eigenvalue weighted by atomic mass is 9.97. The number of nitrogens with one attached hydrogen (secondary N) is 1. The highest BCUT2D eigenvalue weighted by Crippen LogP contribution is 2.30. The molecule has 0 aliphatic carbocycles. The maximum Gasteiger partial charge on any atom is 0.255 e. The van der Waals surface area contributed by atoms with E-state index in [9.17, 15) is 4.79 Å². The Bertz CT molecular complexity index is 726. The van der Waals surface area contributed by atoms with Gasteiger partial charge in [0.25, 0.3) is 5.91 Å². The SMILES string of the molecule is Cc1cccc(-n2nc(C(C)C)c(C(=O)NC(C)C)c2C(C)C)c1. The fraction of sp³-hybridized carbons (Fsp3) is 0.500. The quantitative estimate of drug-likeness (QED) is 0.874. The van der Waals surface area contributed by atoms with Gasteiger partial charge < -0.3 is 5.32 Å². The van der Waals surface area contributed by atoms with Crippen LogP contribution >= 0.6 is 0 Å². The zero-order valence-corrected chi connectivity index (χ0v) is 15.8. The largest absolute Gasteiger partial charge is 0.350 e. The fourth-order valence-corrected chi connectivity index (χ4v) is 2.91. The third kappa shape index (κ3) is 3.69. The van der Waals surface area contributed by atoms with Crippen LogP contribution in [-0.2, 0) is 0 Å². The molecular weight excluding hydrogens is 298 g/mol. The second-order valence-electron chi connectivity index (χ2n) is 7.33. The highest BCUT2D eigenvalue weighted by atomic mass is 16.1. The summed E-state index contributed by atoms with van der Waals surface area (Å²) in [6.07, 6.45) is 0. The van der Waals surface area contributed by atoms with Crippen LogP contribution in [0.3, 0.4) is 0 Å². The second kappa shape index (κ2) is 7.20. The summed E-state index contributed by atoms with van der Waals surface area (Å²) < 4.78 is 1.95. The van der Waals surface area contributed by atoms with E-state index in [1.165, 1.54) is 5.56 Å². The number of aromatic nitrogens is 2. The van der Waals surface area contributed by atoms with Crippen molar-refractivity contribution in [3.8, 4) is 5.69 Å². The van der Waals surface area contributed by atoms with Gasteiger partial charge in [0.2, 0.25) is 0 Å². The van der Waals surface area contributed by atoms with Crippen molar-refractivity contribution in [2.75, 3.05) is 0 Å². The molecule has 0 aliphatic heterocycles. The van der Waals surface area contributed by atoms with Crippen LogP contribution < -0.4 is 5.32 Å². The van der Waals surface area contributed by atoms with Crippen molar-refractivity contribution in [1.82, 2.24) is 15.1 Å². The first-order chi connectivity index (χ1) is 11.2. The van der Waals surface area contributed by atoms with Gasteiger partial charge in [-0.1, -0.05) is 39.8 Å². The summed E-state index contributed by atoms with van der Waals surface area (Å²) in [5, 5.41) is 7.86. The first-order valence-corrected chi connectivity index (χ1v) is 8.73. The average Bonchev–Trinajstić information content (AvgIpc) is 2.87. The van der Waals surface area contributed by atoms with Gasteiger partial charge >= 0.3 is 0 Å². The zero-order chi connectivity index (χ0) is 18.0. The molecule has 0 fully saturated rings. The van der Waals surface area contributed by atoms with Crippen molar-refractivity contribution in [3.05, 3.63) is 46.8 Å². The molecular formula is C20H29N3O. The van der Waals surface area contributed by atoms with Crippen LogP contribution in [0.15, 0.2) is 24.3 Å². The van der Waals surface area contributed by atoms with Crippen LogP contribution in [0.2, 0.25) is 0 Å². The van der Waals surface area contributed by atoms with Crippen molar-refractivity contribution < 1.29 is 4.79 Å². The van der Waals surface area contributed by atoms with Crippen LogP contribution in [-0.4, -0.2) is 21.7 Å². The minimum absolute atomic E-state index is 0.0312. The summed E-state index contributed by atoms with van der Waals surface area (Å²) >= 11 is 0. The Labute approximate surface area is 145 Å². The van der Waals surface area contributed by atoms with Crippen molar-refractivity contribution >= 4 is 5.91 Å². The number of hydrogen-bond acceptors (Lipinski definition) is 2. The van der Waals surface area contributed by atoms with E-state index in [0.717, 1.165) is 22.6 Å². The molecule has 0 atom stereocenters. The molecule has 1 N–H and O–H groups in total. The molecule has 1 heterocycles. The van der Waals surface area contributed by atoms with E-state index in [-0.39, 0.29) is 23.8 Å². The number of carbonyl (C=O) groups is 1. The molecule has 0 aliphatic rings. The van der Waals surface area contributed by atoms with E-state index in [1.54, 1.807) is 0 Å². The smallest absolute Gasteiger partial charge is 0.255 e. The Hall–Kier alpha value is -2.10. The molecule has 0 spiro atoms. The molecule has 130 valence electrons. The number of benzene rings is 1. The molecule has 1 aromatic heterocycles. The molecule has 0 saturated heterocycles. The van der Waals surface area contributed by atoms with Gasteiger partial charge in [0.05, 0.1) is 22.6 Å². The molecule has 0 bridgehead atoms. The number of nitrogens with zero attached hydrogens (tertiary/aromatic N) is 2. The van der Waals surface area contributed by atoms with E-state index < -0.39 is 0 Å². The number of aryl methyl sites for hydroxylation is 1. The Balaban J connectivity index is 2.71. The van der Waals surface area contributed by atoms with Gasteiger partial charge in [-0.25, -0.2) is 4.68 Å². The fourth-order valence-electron chi connectivity index (χ4n) is 2.91. The summed E-state index contributed by atoms with van der Waals surface area (Å²) in [7, 11) is 0. The first kappa shape index (κ1) is 18.2. The summed E-state index contributed by atoms with van der Waals surface area (Å²) in [4.78, 5) is 12.9. The van der Waals surface area contributed by atoms with Gasteiger partial charge in [-0.2, -0.15) is 5.10 Å². The molecule has 24 heavy (non-hydrogen) atoms. The average molecular weight is 327 g/mol. The lowest BCUT2D eigenvalue weighted by molar-refractivity contribution is 0.0940. The molecule has 1 aromatic carbocycles. The highest BCUT2D eigenvalue weighted by Gasteiger charge is 2.27. The maximum absolute atomic E-state index is 12.9. The van der Waals surface area contributed by atoms with Gasteiger partial charge in [-0.15, -0.1) is 0 Å². The normalized spacial score (nSPS) is 11.6. The predicted molar refractivity (Wildman–Crippen MR) is 99.1 cm³/mol.